The summed E-state index contributed by atoms with van der Waals surface area (Å²) in [5.41, 5.74) is 0.311. The highest BCUT2D eigenvalue weighted by Gasteiger charge is 2.18. The first-order valence-electron chi connectivity index (χ1n) is 6.42. The molecular weight excluding hydrogens is 279 g/mol. The van der Waals surface area contributed by atoms with Crippen molar-refractivity contribution in [1.29, 1.82) is 0 Å². The Labute approximate surface area is 124 Å². The van der Waals surface area contributed by atoms with Crippen LogP contribution in [0.25, 0.3) is 0 Å². The van der Waals surface area contributed by atoms with E-state index in [-0.39, 0.29) is 23.3 Å². The molecule has 20 heavy (non-hydrogen) atoms. The fraction of sp³-hybridized carbons (Fsp3) is 0.429. The molecule has 4 nitrogen and oxygen atoms in total. The second kappa shape index (κ2) is 7.28. The van der Waals surface area contributed by atoms with E-state index in [1.807, 2.05) is 13.8 Å². The molecule has 1 aromatic carbocycles. The number of rotatable bonds is 5. The Balaban J connectivity index is 2.76. The van der Waals surface area contributed by atoms with Crippen molar-refractivity contribution < 1.29 is 14.0 Å². The molecule has 0 atom stereocenters. The molecule has 2 amide bonds. The zero-order valence-corrected chi connectivity index (χ0v) is 12.8. The van der Waals surface area contributed by atoms with E-state index in [2.05, 4.69) is 12.6 Å². The van der Waals surface area contributed by atoms with Crippen molar-refractivity contribution >= 4 is 24.4 Å². The topological polar surface area (TPSA) is 40.6 Å². The van der Waals surface area contributed by atoms with Crippen LogP contribution in [0, 0.1) is 5.82 Å². The third-order valence-electron chi connectivity index (χ3n) is 3.03. The van der Waals surface area contributed by atoms with Crippen molar-refractivity contribution in [2.45, 2.75) is 18.7 Å². The Morgan fingerprint density at radius 1 is 1.25 bits per heavy atom. The van der Waals surface area contributed by atoms with E-state index in [1.165, 1.54) is 23.1 Å². The SMILES string of the molecule is CCN(CC)C(=O)CN(C)C(=O)c1ccc(F)c(S)c1. The number of carbonyl (C=O) groups excluding carboxylic acids is 2. The third kappa shape index (κ3) is 3.96. The molecule has 0 fully saturated rings. The van der Waals surface area contributed by atoms with Crippen LogP contribution in [0.2, 0.25) is 0 Å². The summed E-state index contributed by atoms with van der Waals surface area (Å²) in [6, 6.07) is 3.94. The van der Waals surface area contributed by atoms with Crippen molar-refractivity contribution in [2.75, 3.05) is 26.7 Å². The van der Waals surface area contributed by atoms with Crippen molar-refractivity contribution in [1.82, 2.24) is 9.80 Å². The number of benzene rings is 1. The van der Waals surface area contributed by atoms with E-state index in [0.29, 0.717) is 18.7 Å². The Kier molecular flexibility index (Phi) is 6.01. The smallest absolute Gasteiger partial charge is 0.254 e. The van der Waals surface area contributed by atoms with E-state index < -0.39 is 5.82 Å². The molecule has 1 aromatic rings. The number of carbonyl (C=O) groups is 2. The van der Waals surface area contributed by atoms with Gasteiger partial charge in [-0.05, 0) is 32.0 Å². The molecule has 0 saturated carbocycles. The van der Waals surface area contributed by atoms with Gasteiger partial charge in [-0.15, -0.1) is 12.6 Å². The van der Waals surface area contributed by atoms with Crippen LogP contribution in [0.5, 0.6) is 0 Å². The first kappa shape index (κ1) is 16.5. The standard InChI is InChI=1S/C14H19FN2O2S/c1-4-17(5-2)13(18)9-16(3)14(19)10-6-7-11(15)12(20)8-10/h6-8,20H,4-5,9H2,1-3H3. The maximum absolute atomic E-state index is 13.1. The number of amides is 2. The normalized spacial score (nSPS) is 10.2. The Morgan fingerprint density at radius 2 is 1.85 bits per heavy atom. The van der Waals surface area contributed by atoms with Crippen molar-refractivity contribution in [3.05, 3.63) is 29.6 Å². The molecule has 0 N–H and O–H groups in total. The van der Waals surface area contributed by atoms with Gasteiger partial charge in [-0.2, -0.15) is 0 Å². The van der Waals surface area contributed by atoms with E-state index in [0.717, 1.165) is 0 Å². The van der Waals surface area contributed by atoms with Gasteiger partial charge in [0.1, 0.15) is 5.82 Å². The fourth-order valence-corrected chi connectivity index (χ4v) is 2.03. The molecule has 0 aromatic heterocycles. The lowest BCUT2D eigenvalue weighted by atomic mass is 10.2. The number of hydrogen-bond acceptors (Lipinski definition) is 3. The van der Waals surface area contributed by atoms with E-state index in [4.69, 9.17) is 0 Å². The van der Waals surface area contributed by atoms with Crippen LogP contribution < -0.4 is 0 Å². The van der Waals surface area contributed by atoms with Crippen LogP contribution in [0.15, 0.2) is 23.1 Å². The van der Waals surface area contributed by atoms with Gasteiger partial charge in [0.2, 0.25) is 5.91 Å². The van der Waals surface area contributed by atoms with Crippen molar-refractivity contribution in [3.8, 4) is 0 Å². The average molecular weight is 298 g/mol. The molecule has 0 spiro atoms. The number of likely N-dealkylation sites (N-methyl/N-ethyl adjacent to an activating group) is 2. The summed E-state index contributed by atoms with van der Waals surface area (Å²) >= 11 is 3.94. The monoisotopic (exact) mass is 298 g/mol. The van der Waals surface area contributed by atoms with Gasteiger partial charge in [0.25, 0.3) is 5.91 Å². The lowest BCUT2D eigenvalue weighted by Crippen LogP contribution is -2.41. The molecule has 0 unspecified atom stereocenters. The second-order valence-electron chi connectivity index (χ2n) is 4.39. The molecular formula is C14H19FN2O2S. The lowest BCUT2D eigenvalue weighted by molar-refractivity contribution is -0.131. The van der Waals surface area contributed by atoms with E-state index >= 15 is 0 Å². The zero-order valence-electron chi connectivity index (χ0n) is 11.9. The third-order valence-corrected chi connectivity index (χ3v) is 3.37. The first-order valence-corrected chi connectivity index (χ1v) is 6.87. The van der Waals surface area contributed by atoms with Gasteiger partial charge in [-0.3, -0.25) is 9.59 Å². The molecule has 6 heteroatoms. The van der Waals surface area contributed by atoms with Crippen LogP contribution >= 0.6 is 12.6 Å². The fourth-order valence-electron chi connectivity index (χ4n) is 1.82. The first-order chi connectivity index (χ1) is 9.40. The Morgan fingerprint density at radius 3 is 2.35 bits per heavy atom. The van der Waals surface area contributed by atoms with Crippen LogP contribution in [0.4, 0.5) is 4.39 Å². The largest absolute Gasteiger partial charge is 0.342 e. The zero-order chi connectivity index (χ0) is 15.3. The van der Waals surface area contributed by atoms with Crippen LogP contribution in [-0.2, 0) is 4.79 Å². The van der Waals surface area contributed by atoms with Gasteiger partial charge < -0.3 is 9.80 Å². The molecule has 0 heterocycles. The van der Waals surface area contributed by atoms with Crippen molar-refractivity contribution in [3.63, 3.8) is 0 Å². The molecule has 1 rings (SSSR count). The average Bonchev–Trinajstić information content (AvgIpc) is 2.42. The molecule has 0 saturated heterocycles. The Bertz CT molecular complexity index is 504. The number of nitrogens with zero attached hydrogens (tertiary/aromatic N) is 2. The predicted molar refractivity (Wildman–Crippen MR) is 78.5 cm³/mol. The lowest BCUT2D eigenvalue weighted by Gasteiger charge is -2.23. The van der Waals surface area contributed by atoms with Crippen LogP contribution in [0.1, 0.15) is 24.2 Å². The Hall–Kier alpha value is -1.56. The van der Waals surface area contributed by atoms with E-state index in [9.17, 15) is 14.0 Å². The number of thiol groups is 1. The number of hydrogen-bond donors (Lipinski definition) is 1. The quantitative estimate of drug-likeness (QED) is 0.845. The molecule has 0 aliphatic heterocycles. The molecule has 0 aliphatic rings. The minimum atomic E-state index is -0.480. The van der Waals surface area contributed by atoms with E-state index in [1.54, 1.807) is 11.9 Å². The summed E-state index contributed by atoms with van der Waals surface area (Å²) in [6.45, 7) is 4.98. The highest BCUT2D eigenvalue weighted by atomic mass is 32.1. The van der Waals surface area contributed by atoms with Gasteiger partial charge in [-0.1, -0.05) is 0 Å². The minimum absolute atomic E-state index is 0.000204. The summed E-state index contributed by atoms with van der Waals surface area (Å²) in [4.78, 5) is 27.2. The van der Waals surface area contributed by atoms with Crippen LogP contribution in [0.3, 0.4) is 0 Å². The van der Waals surface area contributed by atoms with Gasteiger partial charge in [0.05, 0.1) is 6.54 Å². The molecule has 110 valence electrons. The minimum Gasteiger partial charge on any atom is -0.342 e. The molecule has 0 bridgehead atoms. The van der Waals surface area contributed by atoms with Crippen LogP contribution in [-0.4, -0.2) is 48.3 Å². The summed E-state index contributed by atoms with van der Waals surface area (Å²) in [6.07, 6.45) is 0. The maximum atomic E-state index is 13.1. The highest BCUT2D eigenvalue weighted by Crippen LogP contribution is 2.15. The molecule has 0 radical (unpaired) electrons. The van der Waals surface area contributed by atoms with Gasteiger partial charge in [-0.25, -0.2) is 4.39 Å². The highest BCUT2D eigenvalue weighted by molar-refractivity contribution is 7.80. The number of halogens is 1. The van der Waals surface area contributed by atoms with Crippen molar-refractivity contribution in [2.24, 2.45) is 0 Å². The van der Waals surface area contributed by atoms with Gasteiger partial charge >= 0.3 is 0 Å². The summed E-state index contributed by atoms with van der Waals surface area (Å²) in [5.74, 6) is -0.924. The van der Waals surface area contributed by atoms with Gasteiger partial charge in [0.15, 0.2) is 0 Å². The molecule has 0 aliphatic carbocycles. The summed E-state index contributed by atoms with van der Waals surface area (Å²) in [7, 11) is 1.55. The summed E-state index contributed by atoms with van der Waals surface area (Å²) in [5, 5.41) is 0. The maximum Gasteiger partial charge on any atom is 0.254 e. The van der Waals surface area contributed by atoms with Gasteiger partial charge in [0, 0.05) is 30.6 Å². The predicted octanol–water partition coefficient (Wildman–Crippen LogP) is 2.05. The second-order valence-corrected chi connectivity index (χ2v) is 4.88. The summed E-state index contributed by atoms with van der Waals surface area (Å²) < 4.78 is 13.1.